The van der Waals surface area contributed by atoms with E-state index in [4.69, 9.17) is 0 Å². The van der Waals surface area contributed by atoms with Crippen molar-refractivity contribution in [1.29, 1.82) is 0 Å². The summed E-state index contributed by atoms with van der Waals surface area (Å²) in [6.07, 6.45) is 7.64. The first-order chi connectivity index (χ1) is 12.3. The monoisotopic (exact) mass is 337 g/mol. The summed E-state index contributed by atoms with van der Waals surface area (Å²) in [7, 11) is 0. The Morgan fingerprint density at radius 2 is 2.08 bits per heavy atom. The molecule has 0 spiro atoms. The molecule has 8 nitrogen and oxygen atoms in total. The van der Waals surface area contributed by atoms with E-state index in [-0.39, 0.29) is 5.91 Å². The van der Waals surface area contributed by atoms with Gasteiger partial charge in [0.1, 0.15) is 17.7 Å². The maximum absolute atomic E-state index is 12.5. The molecule has 1 N–H and O–H groups in total. The van der Waals surface area contributed by atoms with E-state index in [0.717, 1.165) is 31.6 Å². The second kappa shape index (κ2) is 6.46. The fourth-order valence-corrected chi connectivity index (χ4v) is 2.96. The summed E-state index contributed by atoms with van der Waals surface area (Å²) >= 11 is 0. The molecule has 1 amide bonds. The summed E-state index contributed by atoms with van der Waals surface area (Å²) in [5, 5.41) is 14.1. The van der Waals surface area contributed by atoms with Gasteiger partial charge in [0.25, 0.3) is 0 Å². The van der Waals surface area contributed by atoms with Gasteiger partial charge in [-0.2, -0.15) is 0 Å². The number of aryl methyl sites for hydroxylation is 2. The molecule has 0 atom stereocenters. The van der Waals surface area contributed by atoms with Crippen molar-refractivity contribution in [2.45, 2.75) is 37.9 Å². The molecule has 0 aliphatic heterocycles. The topological polar surface area (TPSA) is 90.5 Å². The van der Waals surface area contributed by atoms with E-state index >= 15 is 0 Å². The fraction of sp³-hybridized carbons (Fsp3) is 0.353. The molecular weight excluding hydrogens is 318 g/mol. The highest BCUT2D eigenvalue weighted by atomic mass is 16.2. The van der Waals surface area contributed by atoms with Crippen molar-refractivity contribution in [1.82, 2.24) is 35.1 Å². The van der Waals surface area contributed by atoms with Crippen LogP contribution in [-0.2, 0) is 29.8 Å². The van der Waals surface area contributed by atoms with Gasteiger partial charge in [-0.05, 0) is 35.3 Å². The molecule has 0 bridgehead atoms. The number of tetrazole rings is 1. The number of imidazole rings is 1. The zero-order chi connectivity index (χ0) is 17.1. The number of carbonyl (C=O) groups excluding carboxylic acids is 1. The van der Waals surface area contributed by atoms with Crippen LogP contribution in [0.15, 0.2) is 49.1 Å². The SMILES string of the molecule is O=C(NCc1nccn1CCc1ccccc1)C1(n2cnnn2)CC1. The lowest BCUT2D eigenvalue weighted by atomic mass is 10.1. The molecule has 1 fully saturated rings. The number of nitrogens with zero attached hydrogens (tertiary/aromatic N) is 6. The molecule has 2 aromatic heterocycles. The molecule has 1 aliphatic carbocycles. The predicted molar refractivity (Wildman–Crippen MR) is 89.2 cm³/mol. The van der Waals surface area contributed by atoms with Crippen LogP contribution >= 0.6 is 0 Å². The zero-order valence-corrected chi connectivity index (χ0v) is 13.7. The van der Waals surface area contributed by atoms with E-state index in [1.165, 1.54) is 11.9 Å². The lowest BCUT2D eigenvalue weighted by Gasteiger charge is -2.15. The molecule has 1 aliphatic rings. The fourth-order valence-electron chi connectivity index (χ4n) is 2.96. The molecule has 4 rings (SSSR count). The summed E-state index contributed by atoms with van der Waals surface area (Å²) in [5.74, 6) is 0.786. The molecule has 3 aromatic rings. The molecule has 0 unspecified atom stereocenters. The minimum Gasteiger partial charge on any atom is -0.347 e. The van der Waals surface area contributed by atoms with Crippen LogP contribution in [0.5, 0.6) is 0 Å². The van der Waals surface area contributed by atoms with Gasteiger partial charge in [0.2, 0.25) is 5.91 Å². The van der Waals surface area contributed by atoms with Gasteiger partial charge in [0.05, 0.1) is 6.54 Å². The third kappa shape index (κ3) is 3.15. The van der Waals surface area contributed by atoms with Crippen LogP contribution in [0.25, 0.3) is 0 Å². The number of aromatic nitrogens is 6. The number of hydrogen-bond donors (Lipinski definition) is 1. The van der Waals surface area contributed by atoms with Crippen molar-refractivity contribution in [2.24, 2.45) is 0 Å². The zero-order valence-electron chi connectivity index (χ0n) is 13.7. The van der Waals surface area contributed by atoms with Crippen LogP contribution in [-0.4, -0.2) is 35.7 Å². The molecule has 25 heavy (non-hydrogen) atoms. The first-order valence-electron chi connectivity index (χ1n) is 8.34. The smallest absolute Gasteiger partial charge is 0.248 e. The van der Waals surface area contributed by atoms with E-state index in [0.29, 0.717) is 6.54 Å². The molecule has 2 heterocycles. The van der Waals surface area contributed by atoms with Crippen molar-refractivity contribution in [3.05, 3.63) is 60.4 Å². The molecule has 8 heteroatoms. The Kier molecular flexibility index (Phi) is 4.01. The summed E-state index contributed by atoms with van der Waals surface area (Å²) in [6.45, 7) is 1.22. The van der Waals surface area contributed by atoms with Gasteiger partial charge < -0.3 is 9.88 Å². The van der Waals surface area contributed by atoms with Gasteiger partial charge in [0, 0.05) is 18.9 Å². The van der Waals surface area contributed by atoms with Crippen LogP contribution < -0.4 is 5.32 Å². The largest absolute Gasteiger partial charge is 0.347 e. The van der Waals surface area contributed by atoms with E-state index in [2.05, 4.69) is 42.5 Å². The second-order valence-electron chi connectivity index (χ2n) is 6.24. The highest BCUT2D eigenvalue weighted by Gasteiger charge is 2.53. The van der Waals surface area contributed by atoms with Crippen LogP contribution in [0.2, 0.25) is 0 Å². The van der Waals surface area contributed by atoms with E-state index in [9.17, 15) is 4.79 Å². The van der Waals surface area contributed by atoms with Gasteiger partial charge in [-0.1, -0.05) is 30.3 Å². The molecule has 1 aromatic carbocycles. The van der Waals surface area contributed by atoms with Gasteiger partial charge in [0.15, 0.2) is 0 Å². The normalized spacial score (nSPS) is 15.0. The van der Waals surface area contributed by atoms with E-state index < -0.39 is 5.54 Å². The number of hydrogen-bond acceptors (Lipinski definition) is 5. The van der Waals surface area contributed by atoms with E-state index in [1.54, 1.807) is 10.9 Å². The van der Waals surface area contributed by atoms with Crippen molar-refractivity contribution >= 4 is 5.91 Å². The average Bonchev–Trinajstić information content (AvgIpc) is 3.08. The maximum Gasteiger partial charge on any atom is 0.248 e. The molecule has 128 valence electrons. The molecule has 1 saturated carbocycles. The van der Waals surface area contributed by atoms with Gasteiger partial charge in [-0.15, -0.1) is 5.10 Å². The molecule has 0 saturated heterocycles. The number of rotatable bonds is 7. The second-order valence-corrected chi connectivity index (χ2v) is 6.24. The molecular formula is C17H19N7O. The van der Waals surface area contributed by atoms with Crippen molar-refractivity contribution in [2.75, 3.05) is 0 Å². The standard InChI is InChI=1S/C17H19N7O/c25-16(17(7-8-17)24-13-20-21-22-24)19-12-15-18-9-11-23(15)10-6-14-4-2-1-3-5-14/h1-5,9,11,13H,6-8,10,12H2,(H,19,25). The predicted octanol–water partition coefficient (Wildman–Crippen LogP) is 0.918. The van der Waals surface area contributed by atoms with Gasteiger partial charge >= 0.3 is 0 Å². The van der Waals surface area contributed by atoms with Crippen LogP contribution in [0.1, 0.15) is 24.2 Å². The number of benzene rings is 1. The quantitative estimate of drug-likeness (QED) is 0.692. The minimum atomic E-state index is -0.620. The molecule has 0 radical (unpaired) electrons. The van der Waals surface area contributed by atoms with Crippen molar-refractivity contribution in [3.8, 4) is 0 Å². The number of carbonyl (C=O) groups is 1. The highest BCUT2D eigenvalue weighted by molar-refractivity contribution is 5.87. The summed E-state index contributed by atoms with van der Waals surface area (Å²) < 4.78 is 3.62. The van der Waals surface area contributed by atoms with Gasteiger partial charge in [-0.25, -0.2) is 9.67 Å². The van der Waals surface area contributed by atoms with Crippen LogP contribution in [0, 0.1) is 0 Å². The van der Waals surface area contributed by atoms with E-state index in [1.807, 2.05) is 24.4 Å². The Bertz CT molecular complexity index is 837. The third-order valence-corrected chi connectivity index (χ3v) is 4.63. The Labute approximate surface area is 144 Å². The summed E-state index contributed by atoms with van der Waals surface area (Å²) in [6, 6.07) is 10.3. The third-order valence-electron chi connectivity index (χ3n) is 4.63. The van der Waals surface area contributed by atoms with Crippen LogP contribution in [0.4, 0.5) is 0 Å². The van der Waals surface area contributed by atoms with Crippen LogP contribution in [0.3, 0.4) is 0 Å². The Hall–Kier alpha value is -3.03. The number of nitrogens with one attached hydrogen (secondary N) is 1. The Morgan fingerprint density at radius 3 is 2.80 bits per heavy atom. The Morgan fingerprint density at radius 1 is 1.24 bits per heavy atom. The number of amides is 1. The maximum atomic E-state index is 12.5. The highest BCUT2D eigenvalue weighted by Crippen LogP contribution is 2.42. The lowest BCUT2D eigenvalue weighted by molar-refractivity contribution is -0.126. The lowest BCUT2D eigenvalue weighted by Crippen LogP contribution is -2.39. The first kappa shape index (κ1) is 15.5. The minimum absolute atomic E-state index is 0.0580. The summed E-state index contributed by atoms with van der Waals surface area (Å²) in [4.78, 5) is 16.9. The van der Waals surface area contributed by atoms with Crippen molar-refractivity contribution < 1.29 is 4.79 Å². The average molecular weight is 337 g/mol. The Balaban J connectivity index is 1.36. The van der Waals surface area contributed by atoms with Crippen molar-refractivity contribution in [3.63, 3.8) is 0 Å². The summed E-state index contributed by atoms with van der Waals surface area (Å²) in [5.41, 5.74) is 0.659. The van der Waals surface area contributed by atoms with Gasteiger partial charge in [-0.3, -0.25) is 4.79 Å². The first-order valence-corrected chi connectivity index (χ1v) is 8.34.